The van der Waals surface area contributed by atoms with Gasteiger partial charge >= 0.3 is 0 Å². The predicted molar refractivity (Wildman–Crippen MR) is 71.2 cm³/mol. The molecule has 1 heterocycles. The lowest BCUT2D eigenvalue weighted by atomic mass is 9.99. The van der Waals surface area contributed by atoms with Gasteiger partial charge in [0.2, 0.25) is 0 Å². The number of nitrogens with zero attached hydrogens (tertiary/aromatic N) is 1. The molecule has 0 bridgehead atoms. The summed E-state index contributed by atoms with van der Waals surface area (Å²) in [5.41, 5.74) is 0. The van der Waals surface area contributed by atoms with Crippen LogP contribution in [0.2, 0.25) is 0 Å². The Balaban J connectivity index is 1.43. The van der Waals surface area contributed by atoms with E-state index in [0.29, 0.717) is 11.8 Å². The lowest BCUT2D eigenvalue weighted by Gasteiger charge is -2.23. The van der Waals surface area contributed by atoms with Crippen LogP contribution in [0.4, 0.5) is 0 Å². The van der Waals surface area contributed by atoms with Gasteiger partial charge in [-0.25, -0.2) is 0 Å². The van der Waals surface area contributed by atoms with Gasteiger partial charge in [-0.2, -0.15) is 0 Å². The summed E-state index contributed by atoms with van der Waals surface area (Å²) >= 11 is 0. The molecule has 2 N–H and O–H groups in total. The van der Waals surface area contributed by atoms with Gasteiger partial charge in [-0.05, 0) is 31.1 Å². The highest BCUT2D eigenvalue weighted by Crippen LogP contribution is 2.38. The van der Waals surface area contributed by atoms with E-state index in [1.54, 1.807) is 0 Å². The third-order valence-electron chi connectivity index (χ3n) is 5.44. The minimum atomic E-state index is -0.149. The topological polar surface area (TPSA) is 43.7 Å². The summed E-state index contributed by atoms with van der Waals surface area (Å²) < 4.78 is 0. The van der Waals surface area contributed by atoms with E-state index in [1.807, 2.05) is 0 Å². The van der Waals surface area contributed by atoms with E-state index in [0.717, 1.165) is 38.4 Å². The van der Waals surface area contributed by atoms with Crippen molar-refractivity contribution < 1.29 is 10.2 Å². The Bertz CT molecular complexity index is 278. The number of aliphatic hydroxyl groups is 2. The molecule has 3 nitrogen and oxygen atoms in total. The molecule has 1 aliphatic heterocycles. The third kappa shape index (κ3) is 2.73. The Morgan fingerprint density at radius 2 is 1.83 bits per heavy atom. The third-order valence-corrected chi connectivity index (χ3v) is 5.44. The average Bonchev–Trinajstić information content (AvgIpc) is 3.00. The van der Waals surface area contributed by atoms with Gasteiger partial charge in [-0.3, -0.25) is 0 Å². The van der Waals surface area contributed by atoms with E-state index in [4.69, 9.17) is 0 Å². The molecule has 4 atom stereocenters. The van der Waals surface area contributed by atoms with Crippen molar-refractivity contribution in [3.8, 4) is 0 Å². The van der Waals surface area contributed by atoms with Crippen molar-refractivity contribution in [2.24, 2.45) is 17.8 Å². The number of fused-ring (bicyclic) bond motifs is 1. The van der Waals surface area contributed by atoms with Crippen LogP contribution in [0.3, 0.4) is 0 Å². The van der Waals surface area contributed by atoms with Crippen LogP contribution in [0.1, 0.15) is 44.9 Å². The summed E-state index contributed by atoms with van der Waals surface area (Å²) in [6.45, 7) is 2.94. The molecule has 3 fully saturated rings. The first-order valence-corrected chi connectivity index (χ1v) is 7.81. The predicted octanol–water partition coefficient (Wildman–Crippen LogP) is 1.63. The van der Waals surface area contributed by atoms with Gasteiger partial charge < -0.3 is 15.1 Å². The van der Waals surface area contributed by atoms with Crippen molar-refractivity contribution in [3.05, 3.63) is 0 Å². The van der Waals surface area contributed by atoms with Crippen LogP contribution >= 0.6 is 0 Å². The maximum absolute atomic E-state index is 10.2. The molecule has 0 radical (unpaired) electrons. The summed E-state index contributed by atoms with van der Waals surface area (Å²) in [6.07, 6.45) is 8.30. The number of β-amino-alcohol motifs (C(OH)–C–C–N with tert-alkyl or cyclic N) is 1. The van der Waals surface area contributed by atoms with Gasteiger partial charge in [0.05, 0.1) is 12.2 Å². The van der Waals surface area contributed by atoms with Crippen molar-refractivity contribution >= 4 is 0 Å². The summed E-state index contributed by atoms with van der Waals surface area (Å²) in [5, 5.41) is 20.1. The smallest absolute Gasteiger partial charge is 0.0669 e. The Hall–Kier alpha value is -0.120. The van der Waals surface area contributed by atoms with E-state index in [1.165, 1.54) is 32.1 Å². The molecule has 104 valence electrons. The summed E-state index contributed by atoms with van der Waals surface area (Å²) in [5.74, 6) is 1.95. The highest BCUT2D eigenvalue weighted by molar-refractivity contribution is 4.94. The minimum absolute atomic E-state index is 0.0769. The fourth-order valence-corrected chi connectivity index (χ4v) is 4.48. The zero-order chi connectivity index (χ0) is 12.5. The van der Waals surface area contributed by atoms with Crippen LogP contribution < -0.4 is 0 Å². The molecule has 0 amide bonds. The zero-order valence-corrected chi connectivity index (χ0v) is 11.3. The normalized spacial score (nSPS) is 39.3. The Morgan fingerprint density at radius 3 is 2.56 bits per heavy atom. The maximum Gasteiger partial charge on any atom is 0.0669 e. The van der Waals surface area contributed by atoms with Gasteiger partial charge in [0, 0.05) is 25.6 Å². The fraction of sp³-hybridized carbons (Fsp3) is 1.00. The van der Waals surface area contributed by atoms with Crippen molar-refractivity contribution in [2.75, 3.05) is 19.6 Å². The van der Waals surface area contributed by atoms with Crippen LogP contribution in [0.15, 0.2) is 0 Å². The first kappa shape index (κ1) is 12.9. The largest absolute Gasteiger partial charge is 0.393 e. The SMILES string of the molecule is OC(CC1CCCC1)CN1CC2CCC(O)C2C1. The minimum Gasteiger partial charge on any atom is -0.393 e. The van der Waals surface area contributed by atoms with E-state index >= 15 is 0 Å². The summed E-state index contributed by atoms with van der Waals surface area (Å²) in [6, 6.07) is 0. The molecule has 1 saturated heterocycles. The second-order valence-electron chi connectivity index (χ2n) is 6.83. The van der Waals surface area contributed by atoms with E-state index in [-0.39, 0.29) is 12.2 Å². The number of hydrogen-bond acceptors (Lipinski definition) is 3. The van der Waals surface area contributed by atoms with Gasteiger partial charge in [0.1, 0.15) is 0 Å². The molecule has 3 rings (SSSR count). The maximum atomic E-state index is 10.2. The molecule has 2 saturated carbocycles. The fourth-order valence-electron chi connectivity index (χ4n) is 4.48. The standard InChI is InChI=1S/C15H27NO2/c17-13(7-11-3-1-2-4-11)9-16-8-12-5-6-15(18)14(12)10-16/h11-15,17-18H,1-10H2. The zero-order valence-electron chi connectivity index (χ0n) is 11.3. The highest BCUT2D eigenvalue weighted by atomic mass is 16.3. The number of aliphatic hydroxyl groups excluding tert-OH is 2. The molecule has 0 aromatic rings. The van der Waals surface area contributed by atoms with Crippen LogP contribution in [0.5, 0.6) is 0 Å². The Kier molecular flexibility index (Phi) is 3.92. The summed E-state index contributed by atoms with van der Waals surface area (Å²) in [4.78, 5) is 2.39. The quantitative estimate of drug-likeness (QED) is 0.800. The van der Waals surface area contributed by atoms with Crippen LogP contribution in [-0.2, 0) is 0 Å². The molecule has 3 aliphatic rings. The van der Waals surface area contributed by atoms with Crippen molar-refractivity contribution in [2.45, 2.75) is 57.2 Å². The average molecular weight is 253 g/mol. The van der Waals surface area contributed by atoms with Crippen LogP contribution in [0.25, 0.3) is 0 Å². The molecule has 2 aliphatic carbocycles. The molecule has 4 unspecified atom stereocenters. The summed E-state index contributed by atoms with van der Waals surface area (Å²) in [7, 11) is 0. The Morgan fingerprint density at radius 1 is 1.06 bits per heavy atom. The van der Waals surface area contributed by atoms with E-state index in [2.05, 4.69) is 4.90 Å². The number of likely N-dealkylation sites (tertiary alicyclic amines) is 1. The second-order valence-corrected chi connectivity index (χ2v) is 6.83. The first-order valence-electron chi connectivity index (χ1n) is 7.81. The Labute approximate surface area is 110 Å². The van der Waals surface area contributed by atoms with E-state index in [9.17, 15) is 10.2 Å². The first-order chi connectivity index (χ1) is 8.72. The lowest BCUT2D eigenvalue weighted by Crippen LogP contribution is -2.33. The van der Waals surface area contributed by atoms with Crippen LogP contribution in [0, 0.1) is 17.8 Å². The monoisotopic (exact) mass is 253 g/mol. The number of rotatable bonds is 4. The van der Waals surface area contributed by atoms with Gasteiger partial charge in [-0.1, -0.05) is 25.7 Å². The molecular weight excluding hydrogens is 226 g/mol. The van der Waals surface area contributed by atoms with Gasteiger partial charge in [0.15, 0.2) is 0 Å². The van der Waals surface area contributed by atoms with Crippen molar-refractivity contribution in [1.29, 1.82) is 0 Å². The van der Waals surface area contributed by atoms with Crippen molar-refractivity contribution in [1.82, 2.24) is 4.90 Å². The molecule has 3 heteroatoms. The highest BCUT2D eigenvalue weighted by Gasteiger charge is 2.42. The second kappa shape index (κ2) is 5.48. The number of hydrogen-bond donors (Lipinski definition) is 2. The molecular formula is C15H27NO2. The van der Waals surface area contributed by atoms with Gasteiger partial charge in [-0.15, -0.1) is 0 Å². The van der Waals surface area contributed by atoms with Crippen LogP contribution in [-0.4, -0.2) is 47.0 Å². The molecule has 0 aromatic carbocycles. The molecule has 18 heavy (non-hydrogen) atoms. The lowest BCUT2D eigenvalue weighted by molar-refractivity contribution is 0.0869. The van der Waals surface area contributed by atoms with Gasteiger partial charge in [0.25, 0.3) is 0 Å². The van der Waals surface area contributed by atoms with E-state index < -0.39 is 0 Å². The molecule has 0 spiro atoms. The molecule has 0 aromatic heterocycles. The van der Waals surface area contributed by atoms with Crippen molar-refractivity contribution in [3.63, 3.8) is 0 Å².